The predicted molar refractivity (Wildman–Crippen MR) is 72.5 cm³/mol. The Balaban J connectivity index is 0. The third-order valence-electron chi connectivity index (χ3n) is 1.82. The molecule has 2 N–H and O–H groups in total. The van der Waals surface area contributed by atoms with Crippen LogP contribution in [0.5, 0.6) is 0 Å². The molecule has 0 spiro atoms. The van der Waals surface area contributed by atoms with Gasteiger partial charge in [0, 0.05) is 12.4 Å². The van der Waals surface area contributed by atoms with Crippen molar-refractivity contribution in [1.29, 1.82) is 0 Å². The minimum absolute atomic E-state index is 0. The first kappa shape index (κ1) is 21.9. The molecule has 0 saturated heterocycles. The van der Waals surface area contributed by atoms with Crippen LogP contribution < -0.4 is 10.2 Å². The van der Waals surface area contributed by atoms with Gasteiger partial charge in [0.1, 0.15) is 0 Å². The second-order valence-corrected chi connectivity index (χ2v) is 3.29. The van der Waals surface area contributed by atoms with Gasteiger partial charge in [-0.15, -0.1) is 12.4 Å². The number of hydrogen-bond acceptors (Lipinski definition) is 6. The van der Waals surface area contributed by atoms with Gasteiger partial charge in [-0.3, -0.25) is 0 Å². The van der Waals surface area contributed by atoms with Crippen molar-refractivity contribution in [2.45, 2.75) is 0 Å². The van der Waals surface area contributed by atoms with Crippen LogP contribution in [-0.2, 0) is 26.7 Å². The zero-order valence-electron chi connectivity index (χ0n) is 10.9. The maximum absolute atomic E-state index is 9.86. The molecule has 8 nitrogen and oxygen atoms in total. The Bertz CT molecular complexity index is 542. The summed E-state index contributed by atoms with van der Waals surface area (Å²) >= 11 is 0. The smallest absolute Gasteiger partial charge is 0.545 e. The van der Waals surface area contributed by atoms with Crippen LogP contribution in [0.3, 0.4) is 0 Å². The Morgan fingerprint density at radius 3 is 1.50 bits per heavy atom. The van der Waals surface area contributed by atoms with Crippen molar-refractivity contribution in [3.8, 4) is 0 Å². The molecule has 0 fully saturated rings. The largest absolute Gasteiger partial charge is 2.00 e. The van der Waals surface area contributed by atoms with Crippen LogP contribution >= 0.6 is 12.4 Å². The third kappa shape index (κ3) is 10.4. The number of aliphatic carboxylic acids is 2. The molecule has 0 amide bonds. The van der Waals surface area contributed by atoms with E-state index >= 15 is 0 Å². The number of hydrogen-bond donors (Lipinski definition) is 2. The van der Waals surface area contributed by atoms with Crippen LogP contribution in [0.2, 0.25) is 0 Å². The van der Waals surface area contributed by atoms with Gasteiger partial charge in [0.2, 0.25) is 0 Å². The van der Waals surface area contributed by atoms with E-state index in [-0.39, 0.29) is 29.5 Å². The molecular formula is C12H11ClMnN4O4. The molecule has 1 radical (unpaired) electrons. The maximum Gasteiger partial charge on any atom is 2.00 e. The Morgan fingerprint density at radius 2 is 1.27 bits per heavy atom. The van der Waals surface area contributed by atoms with E-state index in [9.17, 15) is 19.8 Å². The molecule has 10 heteroatoms. The van der Waals surface area contributed by atoms with Crippen molar-refractivity contribution in [3.63, 3.8) is 0 Å². The quantitative estimate of drug-likeness (QED) is 0.513. The molecule has 0 saturated carbocycles. The van der Waals surface area contributed by atoms with Gasteiger partial charge in [0.25, 0.3) is 0 Å². The summed E-state index contributed by atoms with van der Waals surface area (Å²) in [6.45, 7) is 0. The summed E-state index contributed by atoms with van der Waals surface area (Å²) in [7, 11) is 0. The van der Waals surface area contributed by atoms with Crippen LogP contribution in [0.25, 0.3) is 12.2 Å². The monoisotopic (exact) mass is 365 g/mol. The van der Waals surface area contributed by atoms with E-state index in [2.05, 4.69) is 19.9 Å². The van der Waals surface area contributed by atoms with Gasteiger partial charge in [-0.05, 0) is 24.3 Å². The number of H-pyrrole nitrogens is 2. The fourth-order valence-corrected chi connectivity index (χ4v) is 1.03. The first-order chi connectivity index (χ1) is 9.58. The molecule has 2 aromatic heterocycles. The first-order valence-electron chi connectivity index (χ1n) is 5.33. The van der Waals surface area contributed by atoms with E-state index in [0.29, 0.717) is 11.4 Å². The summed E-state index contributed by atoms with van der Waals surface area (Å²) < 4.78 is 0. The molecule has 0 aliphatic rings. The molecule has 2 rings (SSSR count). The van der Waals surface area contributed by atoms with Crippen LogP contribution in [0, 0.1) is 0 Å². The van der Waals surface area contributed by atoms with Crippen molar-refractivity contribution >= 4 is 36.5 Å². The van der Waals surface area contributed by atoms with Crippen LogP contribution in [0.4, 0.5) is 0 Å². The number of nitrogens with one attached hydrogen (secondary N) is 2. The standard InChI is InChI=1S/2C6H6N2O2.ClH.Mn/c2*9-6(10)2-1-5-3-7-4-8-5;;/h2*1-4H,(H,7,8)(H,9,10);1H;/q;;;+2/p-2. The second kappa shape index (κ2) is 12.4. The normalized spacial score (nSPS) is 9.45. The fourth-order valence-electron chi connectivity index (χ4n) is 1.03. The van der Waals surface area contributed by atoms with Gasteiger partial charge >= 0.3 is 17.1 Å². The average molecular weight is 366 g/mol. The summed E-state index contributed by atoms with van der Waals surface area (Å²) in [5.74, 6) is -2.44. The number of rotatable bonds is 4. The van der Waals surface area contributed by atoms with Gasteiger partial charge in [0.05, 0.1) is 36.0 Å². The third-order valence-corrected chi connectivity index (χ3v) is 1.82. The van der Waals surface area contributed by atoms with Crippen molar-refractivity contribution in [2.75, 3.05) is 0 Å². The number of nitrogens with zero attached hydrogens (tertiary/aromatic N) is 2. The number of carbonyl (C=O) groups excluding carboxylic acids is 2. The number of carboxylic acid groups (broad SMARTS) is 2. The van der Waals surface area contributed by atoms with Gasteiger partial charge in [-0.2, -0.15) is 0 Å². The summed E-state index contributed by atoms with van der Waals surface area (Å²) in [4.78, 5) is 32.6. The number of carbonyl (C=O) groups is 2. The zero-order chi connectivity index (χ0) is 14.8. The Labute approximate surface area is 142 Å². The van der Waals surface area contributed by atoms with E-state index in [1.807, 2.05) is 0 Å². The van der Waals surface area contributed by atoms with E-state index in [0.717, 1.165) is 12.2 Å². The summed E-state index contributed by atoms with van der Waals surface area (Å²) in [5.41, 5.74) is 1.15. The molecule has 0 aromatic carbocycles. The molecule has 2 aromatic rings. The van der Waals surface area contributed by atoms with E-state index < -0.39 is 11.9 Å². The molecule has 0 atom stereocenters. The minimum atomic E-state index is -1.22. The topological polar surface area (TPSA) is 138 Å². The van der Waals surface area contributed by atoms with Gasteiger partial charge in [0.15, 0.2) is 0 Å². The number of halogens is 1. The zero-order valence-corrected chi connectivity index (χ0v) is 12.9. The van der Waals surface area contributed by atoms with Crippen molar-refractivity contribution < 1.29 is 36.9 Å². The number of imidazole rings is 2. The maximum atomic E-state index is 9.86. The van der Waals surface area contributed by atoms with Crippen LogP contribution in [-0.4, -0.2) is 31.9 Å². The van der Waals surface area contributed by atoms with Gasteiger partial charge in [-0.25, -0.2) is 9.97 Å². The minimum Gasteiger partial charge on any atom is -0.545 e. The molecule has 117 valence electrons. The van der Waals surface area contributed by atoms with Crippen molar-refractivity contribution in [1.82, 2.24) is 19.9 Å². The molecule has 0 aliphatic carbocycles. The summed E-state index contributed by atoms with van der Waals surface area (Å²) in [6.07, 6.45) is 10.7. The number of aromatic amines is 2. The van der Waals surface area contributed by atoms with E-state index in [1.54, 1.807) is 12.4 Å². The molecular weight excluding hydrogens is 355 g/mol. The summed E-state index contributed by atoms with van der Waals surface area (Å²) in [5, 5.41) is 19.7. The van der Waals surface area contributed by atoms with Gasteiger partial charge in [-0.1, -0.05) is 0 Å². The molecule has 0 unspecified atom stereocenters. The molecule has 22 heavy (non-hydrogen) atoms. The van der Waals surface area contributed by atoms with Crippen LogP contribution in [0.1, 0.15) is 11.4 Å². The second-order valence-electron chi connectivity index (χ2n) is 3.29. The van der Waals surface area contributed by atoms with Gasteiger partial charge < -0.3 is 29.8 Å². The fraction of sp³-hybridized carbons (Fsp3) is 0. The van der Waals surface area contributed by atoms with E-state index in [1.165, 1.54) is 24.8 Å². The Hall–Kier alpha value is -2.35. The average Bonchev–Trinajstić information content (AvgIpc) is 3.08. The van der Waals surface area contributed by atoms with Crippen molar-refractivity contribution in [2.24, 2.45) is 0 Å². The number of carboxylic acids is 2. The molecule has 0 bridgehead atoms. The number of aromatic nitrogens is 4. The van der Waals surface area contributed by atoms with Crippen molar-refractivity contribution in [3.05, 3.63) is 48.6 Å². The van der Waals surface area contributed by atoms with E-state index in [4.69, 9.17) is 0 Å². The predicted octanol–water partition coefficient (Wildman–Crippen LogP) is -1.24. The Morgan fingerprint density at radius 1 is 0.909 bits per heavy atom. The van der Waals surface area contributed by atoms with Crippen LogP contribution in [0.15, 0.2) is 37.2 Å². The molecule has 2 heterocycles. The first-order valence-corrected chi connectivity index (χ1v) is 5.33. The molecule has 0 aliphatic heterocycles. The Kier molecular flexibility index (Phi) is 12.4. The SMILES string of the molecule is Cl.O=C([O-])C=Cc1c[nH]cn1.O=C([O-])C=Cc1c[nH]cn1.[Mn+2]. The summed E-state index contributed by atoms with van der Waals surface area (Å²) in [6, 6.07) is 0.